The van der Waals surface area contributed by atoms with Crippen LogP contribution in [0.2, 0.25) is 0 Å². The Morgan fingerprint density at radius 2 is 1.50 bits per heavy atom. The molecule has 0 aliphatic rings. The van der Waals surface area contributed by atoms with Crippen molar-refractivity contribution in [3.8, 4) is 17.2 Å². The van der Waals surface area contributed by atoms with E-state index in [9.17, 15) is 31.8 Å². The zero-order valence-corrected chi connectivity index (χ0v) is 18.6. The molecule has 0 fully saturated rings. The highest BCUT2D eigenvalue weighted by Gasteiger charge is 2.49. The molecule has 0 saturated heterocycles. The minimum atomic E-state index is -5.98. The van der Waals surface area contributed by atoms with Crippen molar-refractivity contribution in [2.45, 2.75) is 18.7 Å². The topological polar surface area (TPSA) is 115 Å². The predicted molar refractivity (Wildman–Crippen MR) is 117 cm³/mol. The Labute approximate surface area is 191 Å². The fourth-order valence-electron chi connectivity index (χ4n) is 3.77. The summed E-state index contributed by atoms with van der Waals surface area (Å²) in [5.74, 6) is -1.06. The molecular formula is C22H18F3NO7S. The van der Waals surface area contributed by atoms with Crippen molar-refractivity contribution < 1.29 is 45.5 Å². The van der Waals surface area contributed by atoms with Gasteiger partial charge in [-0.3, -0.25) is 0 Å². The number of methoxy groups -OCH3 is 2. The van der Waals surface area contributed by atoms with E-state index in [0.29, 0.717) is 43.7 Å². The first-order valence-corrected chi connectivity index (χ1v) is 11.1. The van der Waals surface area contributed by atoms with E-state index < -0.39 is 21.4 Å². The third-order valence-electron chi connectivity index (χ3n) is 5.34. The number of aromatic nitrogens is 1. The number of aliphatic hydroxyl groups excluding tert-OH is 2. The fraction of sp³-hybridized carbons (Fsp3) is 0.227. The number of alkyl halides is 3. The van der Waals surface area contributed by atoms with Crippen molar-refractivity contribution >= 4 is 42.7 Å². The maximum Gasteiger partial charge on any atom is 0.534 e. The van der Waals surface area contributed by atoms with Gasteiger partial charge in [0.1, 0.15) is 0 Å². The second kappa shape index (κ2) is 8.46. The molecule has 180 valence electrons. The molecule has 0 saturated carbocycles. The van der Waals surface area contributed by atoms with E-state index in [2.05, 4.69) is 9.17 Å². The number of fused-ring (bicyclic) bond motifs is 4. The smallest absolute Gasteiger partial charge is 0.492 e. The van der Waals surface area contributed by atoms with Gasteiger partial charge in [-0.1, -0.05) is 0 Å². The Hall–Kier alpha value is -3.35. The lowest BCUT2D eigenvalue weighted by Gasteiger charge is -2.17. The third-order valence-corrected chi connectivity index (χ3v) is 6.30. The molecule has 34 heavy (non-hydrogen) atoms. The molecule has 4 rings (SSSR count). The molecule has 12 heteroatoms. The highest BCUT2D eigenvalue weighted by atomic mass is 32.2. The lowest BCUT2D eigenvalue weighted by molar-refractivity contribution is -0.0500. The van der Waals surface area contributed by atoms with Gasteiger partial charge in [-0.2, -0.15) is 21.6 Å². The average Bonchev–Trinajstić information content (AvgIpc) is 2.79. The first-order valence-electron chi connectivity index (χ1n) is 9.71. The second-order valence-electron chi connectivity index (χ2n) is 7.27. The number of hydrogen-bond donors (Lipinski definition) is 2. The number of pyridine rings is 1. The molecule has 0 radical (unpaired) electrons. The van der Waals surface area contributed by atoms with E-state index in [1.54, 1.807) is 30.3 Å². The zero-order chi connectivity index (χ0) is 24.8. The summed E-state index contributed by atoms with van der Waals surface area (Å²) in [4.78, 5) is 4.55. The van der Waals surface area contributed by atoms with E-state index in [0.717, 1.165) is 13.2 Å². The summed E-state index contributed by atoms with van der Waals surface area (Å²) in [6.45, 7) is -0.619. The maximum absolute atomic E-state index is 13.0. The average molecular weight is 497 g/mol. The van der Waals surface area contributed by atoms with Gasteiger partial charge in [-0.15, -0.1) is 0 Å². The highest BCUT2D eigenvalue weighted by molar-refractivity contribution is 7.88. The fourth-order valence-corrected chi connectivity index (χ4v) is 4.22. The molecule has 0 bridgehead atoms. The summed E-state index contributed by atoms with van der Waals surface area (Å²) in [6, 6.07) is 9.33. The number of halogens is 3. The number of hydrogen-bond acceptors (Lipinski definition) is 8. The molecule has 4 aromatic rings. The van der Waals surface area contributed by atoms with Crippen LogP contribution in [-0.4, -0.2) is 43.3 Å². The molecule has 2 N–H and O–H groups in total. The van der Waals surface area contributed by atoms with Crippen LogP contribution in [0.15, 0.2) is 36.4 Å². The van der Waals surface area contributed by atoms with Crippen LogP contribution in [0.3, 0.4) is 0 Å². The van der Waals surface area contributed by atoms with E-state index in [-0.39, 0.29) is 24.7 Å². The predicted octanol–water partition coefficient (Wildman–Crippen LogP) is 3.77. The van der Waals surface area contributed by atoms with Gasteiger partial charge in [-0.25, -0.2) is 4.98 Å². The molecule has 1 aromatic heterocycles. The standard InChI is InChI=1S/C22H18F3NO7S/c1-31-20-14-3-4-17-16(6-11-5-12(9-27)13(10-28)7-18(11)26-17)15(14)8-19(21(20)32-2)33-34(29,30)22(23,24)25/h3-8,27-28H,9-10H2,1-2H3. The first-order chi connectivity index (χ1) is 16.0. The van der Waals surface area contributed by atoms with Gasteiger partial charge in [0.2, 0.25) is 5.75 Å². The Morgan fingerprint density at radius 1 is 0.853 bits per heavy atom. The molecule has 0 amide bonds. The minimum Gasteiger partial charge on any atom is -0.492 e. The molecule has 0 spiro atoms. The van der Waals surface area contributed by atoms with Crippen LogP contribution in [0, 0.1) is 0 Å². The Balaban J connectivity index is 2.07. The summed E-state index contributed by atoms with van der Waals surface area (Å²) in [5.41, 5.74) is -3.71. The number of benzene rings is 3. The second-order valence-corrected chi connectivity index (χ2v) is 8.81. The normalized spacial score (nSPS) is 12.4. The van der Waals surface area contributed by atoms with Gasteiger partial charge in [-0.05, 0) is 52.9 Å². The van der Waals surface area contributed by atoms with Crippen molar-refractivity contribution in [2.75, 3.05) is 14.2 Å². The van der Waals surface area contributed by atoms with Gasteiger partial charge in [0, 0.05) is 16.2 Å². The number of ether oxygens (including phenoxy) is 2. The van der Waals surface area contributed by atoms with E-state index >= 15 is 0 Å². The number of rotatable bonds is 6. The van der Waals surface area contributed by atoms with E-state index in [4.69, 9.17) is 9.47 Å². The first kappa shape index (κ1) is 23.8. The molecule has 8 nitrogen and oxygen atoms in total. The van der Waals surface area contributed by atoms with Crippen LogP contribution >= 0.6 is 0 Å². The van der Waals surface area contributed by atoms with Gasteiger partial charge < -0.3 is 23.9 Å². The van der Waals surface area contributed by atoms with Crippen molar-refractivity contribution in [3.05, 3.63) is 47.5 Å². The lowest BCUT2D eigenvalue weighted by atomic mass is 9.99. The molecular weight excluding hydrogens is 479 g/mol. The molecule has 3 aromatic carbocycles. The van der Waals surface area contributed by atoms with Gasteiger partial charge in [0.05, 0.1) is 38.5 Å². The highest BCUT2D eigenvalue weighted by Crippen LogP contribution is 2.46. The van der Waals surface area contributed by atoms with Crippen molar-refractivity contribution in [1.29, 1.82) is 0 Å². The number of aliphatic hydroxyl groups is 2. The van der Waals surface area contributed by atoms with Crippen LogP contribution in [0.25, 0.3) is 32.6 Å². The van der Waals surface area contributed by atoms with Crippen molar-refractivity contribution in [2.24, 2.45) is 0 Å². The van der Waals surface area contributed by atoms with Crippen LogP contribution in [0.1, 0.15) is 11.1 Å². The van der Waals surface area contributed by atoms with Crippen molar-refractivity contribution in [1.82, 2.24) is 4.98 Å². The largest absolute Gasteiger partial charge is 0.534 e. The Kier molecular flexibility index (Phi) is 5.92. The monoisotopic (exact) mass is 497 g/mol. The SMILES string of the molecule is COc1c(OS(=O)(=O)C(F)(F)F)cc2c(ccc3nc4cc(CO)c(CO)cc4cc32)c1OC. The maximum atomic E-state index is 13.0. The van der Waals surface area contributed by atoms with Gasteiger partial charge in [0.15, 0.2) is 11.5 Å². The summed E-state index contributed by atoms with van der Waals surface area (Å²) >= 11 is 0. The third kappa shape index (κ3) is 3.83. The molecule has 0 unspecified atom stereocenters. The molecule has 0 aliphatic heterocycles. The molecule has 0 aliphatic carbocycles. The quantitative estimate of drug-likeness (QED) is 0.179. The van der Waals surface area contributed by atoms with Crippen LogP contribution in [0.5, 0.6) is 17.2 Å². The van der Waals surface area contributed by atoms with Crippen LogP contribution < -0.4 is 13.7 Å². The zero-order valence-electron chi connectivity index (χ0n) is 17.8. The Bertz CT molecular complexity index is 1540. The number of nitrogens with zero attached hydrogens (tertiary/aromatic N) is 1. The van der Waals surface area contributed by atoms with Crippen LogP contribution in [0.4, 0.5) is 13.2 Å². The summed E-state index contributed by atoms with van der Waals surface area (Å²) in [6.07, 6.45) is 0. The van der Waals surface area contributed by atoms with Gasteiger partial charge in [0.25, 0.3) is 0 Å². The summed E-state index contributed by atoms with van der Waals surface area (Å²) in [5, 5.41) is 20.9. The molecule has 0 atom stereocenters. The Morgan fingerprint density at radius 3 is 2.09 bits per heavy atom. The lowest BCUT2D eigenvalue weighted by Crippen LogP contribution is -2.28. The summed E-state index contributed by atoms with van der Waals surface area (Å²) in [7, 11) is -3.59. The molecule has 1 heterocycles. The van der Waals surface area contributed by atoms with E-state index in [1.807, 2.05) is 0 Å². The van der Waals surface area contributed by atoms with Crippen molar-refractivity contribution in [3.63, 3.8) is 0 Å². The van der Waals surface area contributed by atoms with E-state index in [1.165, 1.54) is 7.11 Å². The minimum absolute atomic E-state index is 0.0268. The van der Waals surface area contributed by atoms with Gasteiger partial charge >= 0.3 is 15.6 Å². The summed E-state index contributed by atoms with van der Waals surface area (Å²) < 4.78 is 77.2. The van der Waals surface area contributed by atoms with Crippen LogP contribution in [-0.2, 0) is 23.3 Å².